The molecule has 1 aliphatic rings. The van der Waals surface area contributed by atoms with Crippen molar-refractivity contribution in [1.29, 1.82) is 5.26 Å². The Labute approximate surface area is 88.0 Å². The van der Waals surface area contributed by atoms with Crippen LogP contribution in [-0.4, -0.2) is 9.38 Å². The van der Waals surface area contributed by atoms with Gasteiger partial charge in [-0.25, -0.2) is 4.98 Å². The SMILES string of the molecule is N#CC1(c2ccn3ccnc3c2)CCC1. The van der Waals surface area contributed by atoms with Crippen LogP contribution in [0.3, 0.4) is 0 Å². The van der Waals surface area contributed by atoms with Crippen LogP contribution in [0.2, 0.25) is 0 Å². The predicted octanol–water partition coefficient (Wildman–Crippen LogP) is 2.28. The first-order valence-electron chi connectivity index (χ1n) is 5.19. The highest BCUT2D eigenvalue weighted by atomic mass is 15.0. The number of fused-ring (bicyclic) bond motifs is 1. The zero-order valence-electron chi connectivity index (χ0n) is 8.35. The van der Waals surface area contributed by atoms with Crippen LogP contribution in [0.1, 0.15) is 24.8 Å². The molecule has 0 aliphatic heterocycles. The van der Waals surface area contributed by atoms with Crippen LogP contribution in [0, 0.1) is 11.3 Å². The molecule has 2 aromatic rings. The fourth-order valence-electron chi connectivity index (χ4n) is 2.20. The molecule has 74 valence electrons. The third-order valence-electron chi connectivity index (χ3n) is 3.37. The van der Waals surface area contributed by atoms with Gasteiger partial charge in [0.1, 0.15) is 5.65 Å². The topological polar surface area (TPSA) is 41.1 Å². The Bertz CT molecular complexity index is 543. The zero-order valence-corrected chi connectivity index (χ0v) is 8.35. The largest absolute Gasteiger partial charge is 0.307 e. The molecule has 0 bridgehead atoms. The Balaban J connectivity index is 2.15. The number of hydrogen-bond donors (Lipinski definition) is 0. The van der Waals surface area contributed by atoms with Crippen LogP contribution < -0.4 is 0 Å². The maximum absolute atomic E-state index is 9.24. The summed E-state index contributed by atoms with van der Waals surface area (Å²) in [6.07, 6.45) is 8.81. The molecule has 0 unspecified atom stereocenters. The van der Waals surface area contributed by atoms with Gasteiger partial charge in [-0.1, -0.05) is 0 Å². The van der Waals surface area contributed by atoms with Crippen molar-refractivity contribution in [3.05, 3.63) is 36.3 Å². The minimum absolute atomic E-state index is 0.228. The quantitative estimate of drug-likeness (QED) is 0.703. The van der Waals surface area contributed by atoms with Crippen molar-refractivity contribution in [1.82, 2.24) is 9.38 Å². The Kier molecular flexibility index (Phi) is 1.60. The minimum atomic E-state index is -0.228. The third-order valence-corrected chi connectivity index (χ3v) is 3.37. The molecule has 1 aliphatic carbocycles. The van der Waals surface area contributed by atoms with Crippen molar-refractivity contribution >= 4 is 5.65 Å². The molecular formula is C12H11N3. The van der Waals surface area contributed by atoms with Crippen molar-refractivity contribution in [3.63, 3.8) is 0 Å². The maximum atomic E-state index is 9.24. The van der Waals surface area contributed by atoms with Crippen LogP contribution in [-0.2, 0) is 5.41 Å². The second-order valence-electron chi connectivity index (χ2n) is 4.16. The molecule has 0 saturated heterocycles. The molecule has 3 heteroatoms. The minimum Gasteiger partial charge on any atom is -0.307 e. The lowest BCUT2D eigenvalue weighted by Crippen LogP contribution is -2.32. The van der Waals surface area contributed by atoms with Gasteiger partial charge in [0.2, 0.25) is 0 Å². The smallest absolute Gasteiger partial charge is 0.136 e. The molecule has 2 heterocycles. The summed E-state index contributed by atoms with van der Waals surface area (Å²) in [7, 11) is 0. The van der Waals surface area contributed by atoms with Crippen LogP contribution in [0.25, 0.3) is 5.65 Å². The van der Waals surface area contributed by atoms with Crippen LogP contribution >= 0.6 is 0 Å². The van der Waals surface area contributed by atoms with Gasteiger partial charge in [-0.05, 0) is 37.0 Å². The average molecular weight is 197 g/mol. The number of hydrogen-bond acceptors (Lipinski definition) is 2. The number of nitrogens with zero attached hydrogens (tertiary/aromatic N) is 3. The van der Waals surface area contributed by atoms with Gasteiger partial charge in [-0.15, -0.1) is 0 Å². The van der Waals surface area contributed by atoms with Gasteiger partial charge in [0.15, 0.2) is 0 Å². The molecule has 0 spiro atoms. The molecule has 0 atom stereocenters. The number of rotatable bonds is 1. The fourth-order valence-corrected chi connectivity index (χ4v) is 2.20. The molecule has 0 aromatic carbocycles. The number of nitriles is 1. The standard InChI is InChI=1S/C12H11N3/c13-9-12(3-1-4-12)10-2-6-15-7-5-14-11(15)8-10/h2,5-8H,1,3-4H2. The van der Waals surface area contributed by atoms with Crippen molar-refractivity contribution < 1.29 is 0 Å². The van der Waals surface area contributed by atoms with Gasteiger partial charge < -0.3 is 4.40 Å². The lowest BCUT2D eigenvalue weighted by molar-refractivity contribution is 0.324. The summed E-state index contributed by atoms with van der Waals surface area (Å²) < 4.78 is 1.97. The van der Waals surface area contributed by atoms with E-state index in [1.807, 2.05) is 28.9 Å². The maximum Gasteiger partial charge on any atom is 0.136 e. The van der Waals surface area contributed by atoms with E-state index in [-0.39, 0.29) is 5.41 Å². The molecule has 3 nitrogen and oxygen atoms in total. The summed E-state index contributed by atoms with van der Waals surface area (Å²) in [5.74, 6) is 0. The molecule has 2 aromatic heterocycles. The van der Waals surface area contributed by atoms with Gasteiger partial charge in [0.05, 0.1) is 11.5 Å². The molecule has 1 fully saturated rings. The monoisotopic (exact) mass is 197 g/mol. The van der Waals surface area contributed by atoms with E-state index in [9.17, 15) is 5.26 Å². The highest BCUT2D eigenvalue weighted by molar-refractivity contribution is 5.46. The molecular weight excluding hydrogens is 186 g/mol. The van der Waals surface area contributed by atoms with E-state index in [2.05, 4.69) is 11.1 Å². The highest BCUT2D eigenvalue weighted by Gasteiger charge is 2.39. The molecule has 3 rings (SSSR count). The van der Waals surface area contributed by atoms with Gasteiger partial charge in [-0.2, -0.15) is 5.26 Å². The van der Waals surface area contributed by atoms with Crippen molar-refractivity contribution in [2.45, 2.75) is 24.7 Å². The third kappa shape index (κ3) is 1.08. The fraction of sp³-hybridized carbons (Fsp3) is 0.333. The molecule has 15 heavy (non-hydrogen) atoms. The first kappa shape index (κ1) is 8.49. The summed E-state index contributed by atoms with van der Waals surface area (Å²) in [4.78, 5) is 4.24. The summed E-state index contributed by atoms with van der Waals surface area (Å²) in [5.41, 5.74) is 1.82. The number of imidazole rings is 1. The Morgan fingerprint density at radius 2 is 2.27 bits per heavy atom. The van der Waals surface area contributed by atoms with Crippen LogP contribution in [0.5, 0.6) is 0 Å². The predicted molar refractivity (Wildman–Crippen MR) is 56.3 cm³/mol. The van der Waals surface area contributed by atoms with E-state index in [0.29, 0.717) is 0 Å². The Morgan fingerprint density at radius 1 is 1.40 bits per heavy atom. The van der Waals surface area contributed by atoms with Gasteiger partial charge in [0, 0.05) is 18.6 Å². The van der Waals surface area contributed by atoms with E-state index in [4.69, 9.17) is 0 Å². The summed E-state index contributed by atoms with van der Waals surface area (Å²) in [6, 6.07) is 6.52. The van der Waals surface area contributed by atoms with Gasteiger partial charge in [0.25, 0.3) is 0 Å². The van der Waals surface area contributed by atoms with Gasteiger partial charge in [-0.3, -0.25) is 0 Å². The normalized spacial score (nSPS) is 18.3. The van der Waals surface area contributed by atoms with E-state index in [0.717, 1.165) is 30.5 Å². The highest BCUT2D eigenvalue weighted by Crippen LogP contribution is 2.43. The number of pyridine rings is 1. The van der Waals surface area contributed by atoms with E-state index >= 15 is 0 Å². The van der Waals surface area contributed by atoms with Crippen LogP contribution in [0.4, 0.5) is 0 Å². The van der Waals surface area contributed by atoms with Crippen molar-refractivity contribution in [3.8, 4) is 6.07 Å². The molecule has 0 amide bonds. The van der Waals surface area contributed by atoms with Crippen molar-refractivity contribution in [2.24, 2.45) is 0 Å². The summed E-state index contributed by atoms with van der Waals surface area (Å²) >= 11 is 0. The second kappa shape index (κ2) is 2.83. The number of aromatic nitrogens is 2. The zero-order chi connectivity index (χ0) is 10.3. The van der Waals surface area contributed by atoms with Crippen molar-refractivity contribution in [2.75, 3.05) is 0 Å². The van der Waals surface area contributed by atoms with Gasteiger partial charge >= 0.3 is 0 Å². The van der Waals surface area contributed by atoms with E-state index in [1.165, 1.54) is 0 Å². The lowest BCUT2D eigenvalue weighted by atomic mass is 9.66. The molecule has 1 saturated carbocycles. The Hall–Kier alpha value is -1.82. The first-order chi connectivity index (χ1) is 7.34. The van der Waals surface area contributed by atoms with E-state index < -0.39 is 0 Å². The molecule has 0 N–H and O–H groups in total. The first-order valence-corrected chi connectivity index (χ1v) is 5.19. The summed E-state index contributed by atoms with van der Waals surface area (Å²) in [6.45, 7) is 0. The van der Waals surface area contributed by atoms with E-state index in [1.54, 1.807) is 6.20 Å². The summed E-state index contributed by atoms with van der Waals surface area (Å²) in [5, 5.41) is 9.24. The lowest BCUT2D eigenvalue weighted by Gasteiger charge is -2.35. The molecule has 0 radical (unpaired) electrons. The van der Waals surface area contributed by atoms with Crippen LogP contribution in [0.15, 0.2) is 30.7 Å². The average Bonchev–Trinajstić information content (AvgIpc) is 2.64. The second-order valence-corrected chi connectivity index (χ2v) is 4.16. The Morgan fingerprint density at radius 3 is 2.93 bits per heavy atom.